The Hall–Kier alpha value is -3.72. The number of aryl methyl sites for hydroxylation is 1. The molecule has 0 aliphatic heterocycles. The second-order valence-electron chi connectivity index (χ2n) is 6.97. The first-order valence-corrected chi connectivity index (χ1v) is 10.5. The van der Waals surface area contributed by atoms with Gasteiger partial charge in [0.15, 0.2) is 11.3 Å². The molecule has 0 bridgehead atoms. The summed E-state index contributed by atoms with van der Waals surface area (Å²) in [6, 6.07) is 15.1. The molecule has 0 saturated heterocycles. The number of anilines is 1. The number of hydrogen-bond acceptors (Lipinski definition) is 6. The van der Waals surface area contributed by atoms with Crippen LogP contribution in [0.1, 0.15) is 22.8 Å². The molecule has 1 heterocycles. The number of nitro benzene ring substituents is 1. The van der Waals surface area contributed by atoms with Crippen LogP contribution >= 0.6 is 15.9 Å². The van der Waals surface area contributed by atoms with Crippen molar-refractivity contribution >= 4 is 44.3 Å². The Balaban J connectivity index is 1.55. The van der Waals surface area contributed by atoms with E-state index >= 15 is 0 Å². The number of fused-ring (bicyclic) bond motifs is 1. The standard InChI is InChI=1S/C23H18BrN3O5/c1-3-13-10-17(24)21-18(11-13)26-23(32-21)14-4-7-16(8-5-14)25-22(28)15-6-9-20(31-2)19(12-15)27(29)30/h4-12H,3H2,1-2H3,(H,25,28). The van der Waals surface area contributed by atoms with Crippen molar-refractivity contribution in [3.63, 3.8) is 0 Å². The molecular formula is C23H18BrN3O5. The van der Waals surface area contributed by atoms with Crippen LogP contribution in [0.15, 0.2) is 63.5 Å². The maximum absolute atomic E-state index is 12.5. The summed E-state index contributed by atoms with van der Waals surface area (Å²) >= 11 is 3.53. The fourth-order valence-electron chi connectivity index (χ4n) is 3.25. The van der Waals surface area contributed by atoms with Gasteiger partial charge in [0.1, 0.15) is 5.52 Å². The van der Waals surface area contributed by atoms with E-state index < -0.39 is 10.8 Å². The number of ether oxygens (including phenoxy) is 1. The molecule has 32 heavy (non-hydrogen) atoms. The Labute approximate surface area is 191 Å². The highest BCUT2D eigenvalue weighted by Crippen LogP contribution is 2.32. The Morgan fingerprint density at radius 1 is 1.19 bits per heavy atom. The van der Waals surface area contributed by atoms with Crippen molar-refractivity contribution in [1.29, 1.82) is 0 Å². The monoisotopic (exact) mass is 495 g/mol. The number of nitro groups is 1. The predicted octanol–water partition coefficient (Wildman–Crippen LogP) is 5.99. The number of amides is 1. The van der Waals surface area contributed by atoms with Gasteiger partial charge in [0.25, 0.3) is 5.91 Å². The first kappa shape index (κ1) is 21.5. The molecule has 8 nitrogen and oxygen atoms in total. The van der Waals surface area contributed by atoms with E-state index in [9.17, 15) is 14.9 Å². The van der Waals surface area contributed by atoms with Crippen LogP contribution in [-0.4, -0.2) is 22.9 Å². The quantitative estimate of drug-likeness (QED) is 0.260. The highest BCUT2D eigenvalue weighted by Gasteiger charge is 2.18. The van der Waals surface area contributed by atoms with E-state index in [0.29, 0.717) is 17.2 Å². The number of nitrogens with zero attached hydrogens (tertiary/aromatic N) is 2. The SMILES string of the molecule is CCc1cc(Br)c2oc(-c3ccc(NC(=O)c4ccc(OC)c([N+](=O)[O-])c4)cc3)nc2c1. The average molecular weight is 496 g/mol. The van der Waals surface area contributed by atoms with E-state index in [2.05, 4.69) is 33.2 Å². The summed E-state index contributed by atoms with van der Waals surface area (Å²) in [6.07, 6.45) is 0.891. The number of rotatable bonds is 6. The van der Waals surface area contributed by atoms with Crippen molar-refractivity contribution in [1.82, 2.24) is 4.98 Å². The van der Waals surface area contributed by atoms with E-state index in [1.54, 1.807) is 24.3 Å². The number of aromatic nitrogens is 1. The van der Waals surface area contributed by atoms with Crippen LogP contribution in [0.4, 0.5) is 11.4 Å². The number of hydrogen-bond donors (Lipinski definition) is 1. The summed E-state index contributed by atoms with van der Waals surface area (Å²) in [7, 11) is 1.34. The van der Waals surface area contributed by atoms with Crippen molar-refractivity contribution < 1.29 is 18.9 Å². The molecule has 0 atom stereocenters. The molecule has 162 valence electrons. The molecular weight excluding hydrogens is 478 g/mol. The minimum Gasteiger partial charge on any atom is -0.490 e. The van der Waals surface area contributed by atoms with Gasteiger partial charge in [0.05, 0.1) is 16.5 Å². The molecule has 0 fully saturated rings. The average Bonchev–Trinajstić information content (AvgIpc) is 3.23. The Kier molecular flexibility index (Phi) is 5.91. The van der Waals surface area contributed by atoms with Crippen molar-refractivity contribution in [2.45, 2.75) is 13.3 Å². The van der Waals surface area contributed by atoms with Gasteiger partial charge in [0, 0.05) is 22.9 Å². The van der Waals surface area contributed by atoms with E-state index in [1.807, 2.05) is 12.1 Å². The van der Waals surface area contributed by atoms with Crippen LogP contribution in [0.3, 0.4) is 0 Å². The molecule has 1 N–H and O–H groups in total. The van der Waals surface area contributed by atoms with Gasteiger partial charge in [-0.1, -0.05) is 6.92 Å². The smallest absolute Gasteiger partial charge is 0.311 e. The molecule has 0 spiro atoms. The number of carbonyl (C=O) groups is 1. The summed E-state index contributed by atoms with van der Waals surface area (Å²) in [5.41, 5.74) is 3.76. The Morgan fingerprint density at radius 3 is 2.59 bits per heavy atom. The normalized spacial score (nSPS) is 10.8. The first-order chi connectivity index (χ1) is 15.4. The zero-order chi connectivity index (χ0) is 22.8. The summed E-state index contributed by atoms with van der Waals surface area (Å²) in [5, 5.41) is 13.9. The van der Waals surface area contributed by atoms with Gasteiger partial charge in [0.2, 0.25) is 5.89 Å². The van der Waals surface area contributed by atoms with Crippen molar-refractivity contribution in [2.75, 3.05) is 12.4 Å². The molecule has 0 aliphatic rings. The number of nitrogens with one attached hydrogen (secondary N) is 1. The molecule has 4 rings (SSSR count). The van der Waals surface area contributed by atoms with Gasteiger partial charge >= 0.3 is 5.69 Å². The minimum absolute atomic E-state index is 0.0898. The number of carbonyl (C=O) groups excluding carboxylic acids is 1. The van der Waals surface area contributed by atoms with Crippen molar-refractivity contribution in [2.24, 2.45) is 0 Å². The van der Waals surface area contributed by atoms with E-state index in [-0.39, 0.29) is 17.0 Å². The molecule has 0 saturated carbocycles. The lowest BCUT2D eigenvalue weighted by molar-refractivity contribution is -0.385. The Bertz CT molecular complexity index is 1330. The number of halogens is 1. The van der Waals surface area contributed by atoms with Crippen LogP contribution in [0, 0.1) is 10.1 Å². The molecule has 3 aromatic carbocycles. The third kappa shape index (κ3) is 4.19. The van der Waals surface area contributed by atoms with Crippen LogP contribution < -0.4 is 10.1 Å². The van der Waals surface area contributed by atoms with Crippen LogP contribution in [0.5, 0.6) is 5.75 Å². The third-order valence-electron chi connectivity index (χ3n) is 4.94. The van der Waals surface area contributed by atoms with Crippen LogP contribution in [0.2, 0.25) is 0 Å². The molecule has 1 aromatic heterocycles. The van der Waals surface area contributed by atoms with Gasteiger partial charge in [-0.05, 0) is 76.4 Å². The summed E-state index contributed by atoms with van der Waals surface area (Å²) < 4.78 is 11.7. The maximum atomic E-state index is 12.5. The summed E-state index contributed by atoms with van der Waals surface area (Å²) in [5.74, 6) is 0.0888. The lowest BCUT2D eigenvalue weighted by atomic mass is 10.1. The van der Waals surface area contributed by atoms with Gasteiger partial charge in [-0.3, -0.25) is 14.9 Å². The number of oxazole rings is 1. The number of methoxy groups -OCH3 is 1. The fraction of sp³-hybridized carbons (Fsp3) is 0.130. The minimum atomic E-state index is -0.591. The number of benzene rings is 3. The highest BCUT2D eigenvalue weighted by atomic mass is 79.9. The van der Waals surface area contributed by atoms with Crippen LogP contribution in [-0.2, 0) is 6.42 Å². The topological polar surface area (TPSA) is 108 Å². The first-order valence-electron chi connectivity index (χ1n) is 9.72. The van der Waals surface area contributed by atoms with Gasteiger partial charge in [-0.25, -0.2) is 4.98 Å². The zero-order valence-electron chi connectivity index (χ0n) is 17.2. The summed E-state index contributed by atoms with van der Waals surface area (Å²) in [4.78, 5) is 27.7. The predicted molar refractivity (Wildman–Crippen MR) is 124 cm³/mol. The van der Waals surface area contributed by atoms with Crippen molar-refractivity contribution in [3.8, 4) is 17.2 Å². The second-order valence-corrected chi connectivity index (χ2v) is 7.83. The Morgan fingerprint density at radius 2 is 1.94 bits per heavy atom. The molecule has 9 heteroatoms. The largest absolute Gasteiger partial charge is 0.490 e. The zero-order valence-corrected chi connectivity index (χ0v) is 18.8. The molecule has 1 amide bonds. The van der Waals surface area contributed by atoms with Crippen LogP contribution in [0.25, 0.3) is 22.6 Å². The third-order valence-corrected chi connectivity index (χ3v) is 5.53. The van der Waals surface area contributed by atoms with Gasteiger partial charge in [-0.2, -0.15) is 0 Å². The lowest BCUT2D eigenvalue weighted by Gasteiger charge is -2.07. The van der Waals surface area contributed by atoms with E-state index in [1.165, 1.54) is 25.3 Å². The van der Waals surface area contributed by atoms with E-state index in [4.69, 9.17) is 9.15 Å². The lowest BCUT2D eigenvalue weighted by Crippen LogP contribution is -2.12. The highest BCUT2D eigenvalue weighted by molar-refractivity contribution is 9.10. The fourth-order valence-corrected chi connectivity index (χ4v) is 3.83. The van der Waals surface area contributed by atoms with Gasteiger partial charge < -0.3 is 14.5 Å². The molecule has 0 radical (unpaired) electrons. The molecule has 0 unspecified atom stereocenters. The summed E-state index contributed by atoms with van der Waals surface area (Å²) in [6.45, 7) is 2.08. The molecule has 0 aliphatic carbocycles. The van der Waals surface area contributed by atoms with Gasteiger partial charge in [-0.15, -0.1) is 0 Å². The van der Waals surface area contributed by atoms with E-state index in [0.717, 1.165) is 27.5 Å². The maximum Gasteiger partial charge on any atom is 0.311 e. The van der Waals surface area contributed by atoms with Crippen molar-refractivity contribution in [3.05, 3.63) is 80.3 Å². The molecule has 4 aromatic rings. The second kappa shape index (κ2) is 8.80.